The van der Waals surface area contributed by atoms with Crippen LogP contribution in [0.15, 0.2) is 67.1 Å². The van der Waals surface area contributed by atoms with Crippen molar-refractivity contribution in [3.05, 3.63) is 72.6 Å². The largest absolute Gasteiger partial charge is 0.501 e. The van der Waals surface area contributed by atoms with Gasteiger partial charge in [-0.1, -0.05) is 12.1 Å². The van der Waals surface area contributed by atoms with Crippen molar-refractivity contribution in [3.63, 3.8) is 0 Å². The van der Waals surface area contributed by atoms with Crippen LogP contribution >= 0.6 is 0 Å². The van der Waals surface area contributed by atoms with E-state index >= 15 is 0 Å². The zero-order valence-electron chi connectivity index (χ0n) is 28.4. The zero-order chi connectivity index (χ0) is 35.0. The number of carbonyl (C=O) groups is 2. The lowest BCUT2D eigenvalue weighted by Gasteiger charge is -2.42. The fourth-order valence-electron chi connectivity index (χ4n) is 6.48. The number of nitrogens with zero attached hydrogens (tertiary/aromatic N) is 5. The molecule has 4 heterocycles. The van der Waals surface area contributed by atoms with Crippen LogP contribution in [0.5, 0.6) is 5.75 Å². The Morgan fingerprint density at radius 2 is 1.80 bits per heavy atom. The van der Waals surface area contributed by atoms with Gasteiger partial charge in [-0.3, -0.25) is 9.69 Å². The highest BCUT2D eigenvalue weighted by molar-refractivity contribution is 6.03. The van der Waals surface area contributed by atoms with Gasteiger partial charge in [0.25, 0.3) is 5.91 Å². The topological polar surface area (TPSA) is 133 Å². The number of hydrogen-bond donors (Lipinski definition) is 3. The van der Waals surface area contributed by atoms with Crippen LogP contribution in [0.2, 0.25) is 0 Å². The van der Waals surface area contributed by atoms with Crippen molar-refractivity contribution in [1.82, 2.24) is 19.8 Å². The fourth-order valence-corrected chi connectivity index (χ4v) is 6.48. The molecule has 2 saturated heterocycles. The van der Waals surface area contributed by atoms with E-state index in [0.717, 1.165) is 74.6 Å². The molecule has 264 valence electrons. The Labute approximate surface area is 291 Å². The van der Waals surface area contributed by atoms with Crippen LogP contribution in [0.25, 0.3) is 5.57 Å². The molecular weight excluding hydrogens is 643 g/mol. The van der Waals surface area contributed by atoms with E-state index in [0.29, 0.717) is 54.6 Å². The molecule has 14 heteroatoms. The molecule has 0 spiro atoms. The highest BCUT2D eigenvalue weighted by Gasteiger charge is 2.27. The van der Waals surface area contributed by atoms with Crippen molar-refractivity contribution in [2.75, 3.05) is 87.5 Å². The van der Waals surface area contributed by atoms with Gasteiger partial charge in [0.15, 0.2) is 5.76 Å². The van der Waals surface area contributed by atoms with Crippen molar-refractivity contribution in [2.24, 2.45) is 0 Å². The first-order valence-corrected chi connectivity index (χ1v) is 16.8. The first-order valence-electron chi connectivity index (χ1n) is 16.8. The van der Waals surface area contributed by atoms with Gasteiger partial charge in [-0.2, -0.15) is 4.98 Å². The Hall–Kier alpha value is -5.05. The molecule has 2 fully saturated rings. The number of piperidine rings is 1. The summed E-state index contributed by atoms with van der Waals surface area (Å²) in [5.74, 6) is 0.0575. The predicted molar refractivity (Wildman–Crippen MR) is 191 cm³/mol. The second-order valence-electron chi connectivity index (χ2n) is 12.5. The van der Waals surface area contributed by atoms with Gasteiger partial charge in [-0.05, 0) is 68.8 Å². The van der Waals surface area contributed by atoms with Gasteiger partial charge in [0.05, 0.1) is 26.0 Å². The van der Waals surface area contributed by atoms with E-state index in [1.54, 1.807) is 37.6 Å². The van der Waals surface area contributed by atoms with Crippen LogP contribution < -0.4 is 25.6 Å². The van der Waals surface area contributed by atoms with E-state index in [1.807, 2.05) is 12.1 Å². The molecule has 0 atom stereocenters. The molecular formula is C36H43FN8O5. The third-order valence-corrected chi connectivity index (χ3v) is 9.25. The molecule has 0 unspecified atom stereocenters. The smallest absolute Gasteiger partial charge is 0.494 e. The molecule has 1 aromatic heterocycles. The van der Waals surface area contributed by atoms with Gasteiger partial charge in [0.1, 0.15) is 11.6 Å². The summed E-state index contributed by atoms with van der Waals surface area (Å²) in [4.78, 5) is 39.8. The molecule has 3 aliphatic heterocycles. The highest BCUT2D eigenvalue weighted by atomic mass is 19.1. The summed E-state index contributed by atoms with van der Waals surface area (Å²) in [6.07, 6.45) is 4.63. The quantitative estimate of drug-likeness (QED) is 0.133. The maximum atomic E-state index is 12.6. The van der Waals surface area contributed by atoms with Gasteiger partial charge in [0, 0.05) is 80.2 Å². The van der Waals surface area contributed by atoms with Gasteiger partial charge in [-0.15, -0.1) is 4.39 Å². The third kappa shape index (κ3) is 8.75. The Bertz CT molecular complexity index is 1740. The van der Waals surface area contributed by atoms with Gasteiger partial charge in [-0.25, -0.2) is 9.78 Å². The summed E-state index contributed by atoms with van der Waals surface area (Å²) >= 11 is 0. The standard InChI is InChI=1S/C36H43FN8O5/c1-24(50-35(37)47)34(46)40-27-6-4-5-26(21-27)39-33-30(25-11-19-49-20-12-25)23-38-36(42-33)41-31-8-7-29(22-32(31)48-3)44-13-9-28(10-14-44)45-17-15-43(2)16-18-45/h4-8,11,21-23,28H,1,9-10,12-20H2,2-3H3,(H,40,46)(H2,38,39,41,42). The number of halogens is 1. The van der Waals surface area contributed by atoms with Crippen molar-refractivity contribution >= 4 is 52.2 Å². The number of likely N-dealkylation sites (N-methyl/N-ethyl adjacent to an activating group) is 1. The molecule has 0 aliphatic carbocycles. The SMILES string of the molecule is C=C(OC(=O)F)C(=O)Nc1cccc(Nc2nc(Nc3ccc(N4CCC(N5CCN(C)CC5)CC4)cc3OC)ncc2C2=CCOCC2)c1. The van der Waals surface area contributed by atoms with E-state index < -0.39 is 17.9 Å². The number of hydrogen-bond acceptors (Lipinski definition) is 12. The van der Waals surface area contributed by atoms with E-state index in [-0.39, 0.29) is 0 Å². The zero-order valence-corrected chi connectivity index (χ0v) is 28.4. The Morgan fingerprint density at radius 1 is 1.02 bits per heavy atom. The minimum Gasteiger partial charge on any atom is -0.494 e. The summed E-state index contributed by atoms with van der Waals surface area (Å²) in [6, 6.07) is 13.6. The number of amides is 1. The molecule has 0 radical (unpaired) electrons. The van der Waals surface area contributed by atoms with Crippen LogP contribution in [0.3, 0.4) is 0 Å². The molecule has 1 amide bonds. The highest BCUT2D eigenvalue weighted by Crippen LogP contribution is 2.35. The molecule has 3 N–H and O–H groups in total. The maximum absolute atomic E-state index is 12.6. The Kier molecular flexibility index (Phi) is 11.2. The average Bonchev–Trinajstić information content (AvgIpc) is 3.12. The first-order chi connectivity index (χ1) is 24.2. The lowest BCUT2D eigenvalue weighted by molar-refractivity contribution is -0.115. The molecule has 0 saturated carbocycles. The molecule has 2 aromatic carbocycles. The molecule has 13 nitrogen and oxygen atoms in total. The number of benzene rings is 2. The average molecular weight is 687 g/mol. The summed E-state index contributed by atoms with van der Waals surface area (Å²) in [7, 11) is 3.85. The number of ether oxygens (including phenoxy) is 3. The number of carbonyl (C=O) groups excluding carboxylic acids is 2. The van der Waals surface area contributed by atoms with Crippen LogP contribution in [0, 0.1) is 0 Å². The Balaban J connectivity index is 1.17. The predicted octanol–water partition coefficient (Wildman–Crippen LogP) is 5.55. The van der Waals surface area contributed by atoms with Crippen molar-refractivity contribution in [3.8, 4) is 5.75 Å². The van der Waals surface area contributed by atoms with Gasteiger partial charge in [0.2, 0.25) is 5.95 Å². The minimum absolute atomic E-state index is 0.358. The maximum Gasteiger partial charge on any atom is 0.501 e. The summed E-state index contributed by atoms with van der Waals surface area (Å²) in [5.41, 5.74) is 4.66. The third-order valence-electron chi connectivity index (χ3n) is 9.25. The van der Waals surface area contributed by atoms with Crippen LogP contribution in [-0.2, 0) is 14.3 Å². The van der Waals surface area contributed by atoms with E-state index in [9.17, 15) is 14.0 Å². The number of nitrogens with one attached hydrogen (secondary N) is 3. The number of aromatic nitrogens is 2. The van der Waals surface area contributed by atoms with Crippen LogP contribution in [0.1, 0.15) is 24.8 Å². The molecule has 3 aromatic rings. The van der Waals surface area contributed by atoms with Crippen LogP contribution in [-0.4, -0.2) is 105 Å². The van der Waals surface area contributed by atoms with Crippen molar-refractivity contribution < 1.29 is 28.2 Å². The monoisotopic (exact) mass is 686 g/mol. The molecule has 0 bridgehead atoms. The van der Waals surface area contributed by atoms with Crippen molar-refractivity contribution in [2.45, 2.75) is 25.3 Å². The molecule has 50 heavy (non-hydrogen) atoms. The second kappa shape index (κ2) is 16.1. The summed E-state index contributed by atoms with van der Waals surface area (Å²) in [6.45, 7) is 10.9. The minimum atomic E-state index is -2.12. The lowest BCUT2D eigenvalue weighted by atomic mass is 10.0. The summed E-state index contributed by atoms with van der Waals surface area (Å²) in [5, 5.41) is 9.21. The number of rotatable bonds is 11. The summed E-state index contributed by atoms with van der Waals surface area (Å²) < 4.78 is 28.1. The molecule has 3 aliphatic rings. The lowest BCUT2D eigenvalue weighted by Crippen LogP contribution is -2.52. The number of piperazine rings is 1. The molecule has 6 rings (SSSR count). The van der Waals surface area contributed by atoms with Crippen LogP contribution in [0.4, 0.5) is 43.7 Å². The van der Waals surface area contributed by atoms with Gasteiger partial charge >= 0.3 is 6.22 Å². The van der Waals surface area contributed by atoms with E-state index in [4.69, 9.17) is 14.5 Å². The fraction of sp³-hybridized carbons (Fsp3) is 0.389. The number of methoxy groups -OCH3 is 1. The number of anilines is 6. The van der Waals surface area contributed by atoms with E-state index in [2.05, 4.69) is 66.1 Å². The second-order valence-corrected chi connectivity index (χ2v) is 12.5. The first kappa shape index (κ1) is 34.8. The van der Waals surface area contributed by atoms with Gasteiger partial charge < -0.3 is 40.0 Å². The van der Waals surface area contributed by atoms with E-state index in [1.165, 1.54) is 0 Å². The Morgan fingerprint density at radius 3 is 2.52 bits per heavy atom. The normalized spacial score (nSPS) is 17.4. The van der Waals surface area contributed by atoms with Crippen molar-refractivity contribution in [1.29, 1.82) is 0 Å².